The number of nitrogens with zero attached hydrogens (tertiary/aromatic N) is 5. The van der Waals surface area contributed by atoms with Gasteiger partial charge in [-0.25, -0.2) is 4.98 Å². The van der Waals surface area contributed by atoms with Crippen molar-refractivity contribution in [3.63, 3.8) is 0 Å². The molecule has 4 heterocycles. The van der Waals surface area contributed by atoms with Gasteiger partial charge >= 0.3 is 0 Å². The van der Waals surface area contributed by atoms with E-state index in [0.717, 1.165) is 22.3 Å². The molecule has 156 valence electrons. The lowest BCUT2D eigenvalue weighted by Crippen LogP contribution is -2.27. The van der Waals surface area contributed by atoms with Crippen LogP contribution in [0.25, 0.3) is 5.82 Å². The molecule has 0 radical (unpaired) electrons. The molecule has 1 aliphatic rings. The number of ketones is 1. The molecule has 0 bridgehead atoms. The standard InChI is InChI=1S/C21H22ClN5O3/c1-13(29-2)20-15(9-23-10-18(20)16-11-30-12-16)7-17(28)5-14-6-19(22)21(24-8-14)27-25-3-4-26-27/h3-4,6,8-10,13,16H,5,7,11-12H2,1-2H3. The molecule has 0 aromatic carbocycles. The summed E-state index contributed by atoms with van der Waals surface area (Å²) in [7, 11) is 1.67. The Hall–Kier alpha value is -2.68. The van der Waals surface area contributed by atoms with Gasteiger partial charge in [0.25, 0.3) is 0 Å². The molecular formula is C21H22ClN5O3. The summed E-state index contributed by atoms with van der Waals surface area (Å²) < 4.78 is 10.9. The first kappa shape index (κ1) is 20.6. The number of hydrogen-bond donors (Lipinski definition) is 0. The van der Waals surface area contributed by atoms with Crippen LogP contribution in [0.1, 0.15) is 41.2 Å². The zero-order chi connectivity index (χ0) is 21.1. The number of Topliss-reactive ketones (excluding diaryl/α,β-unsaturated/α-hetero) is 1. The Labute approximate surface area is 179 Å². The second-order valence-corrected chi connectivity index (χ2v) is 7.68. The fourth-order valence-corrected chi connectivity index (χ4v) is 3.83. The number of ether oxygens (including phenoxy) is 2. The van der Waals surface area contributed by atoms with E-state index in [1.54, 1.807) is 38.0 Å². The highest BCUT2D eigenvalue weighted by atomic mass is 35.5. The fourth-order valence-electron chi connectivity index (χ4n) is 3.57. The van der Waals surface area contributed by atoms with Gasteiger partial charge in [0.15, 0.2) is 5.82 Å². The lowest BCUT2D eigenvalue weighted by Gasteiger charge is -2.30. The normalized spacial score (nSPS) is 15.0. The number of halogens is 1. The van der Waals surface area contributed by atoms with Crippen LogP contribution in [0.15, 0.2) is 37.1 Å². The SMILES string of the molecule is COC(C)c1c(CC(=O)Cc2cnc(-n3nccn3)c(Cl)c2)cncc1C1COC1. The molecule has 1 atom stereocenters. The van der Waals surface area contributed by atoms with Crippen LogP contribution in [-0.2, 0) is 27.1 Å². The molecule has 0 spiro atoms. The maximum absolute atomic E-state index is 12.8. The number of pyridine rings is 2. The molecule has 1 unspecified atom stereocenters. The summed E-state index contributed by atoms with van der Waals surface area (Å²) in [5.74, 6) is 0.770. The molecule has 8 nitrogen and oxygen atoms in total. The summed E-state index contributed by atoms with van der Waals surface area (Å²) in [6.45, 7) is 3.33. The van der Waals surface area contributed by atoms with Crippen LogP contribution < -0.4 is 0 Å². The van der Waals surface area contributed by atoms with Crippen LogP contribution >= 0.6 is 11.6 Å². The van der Waals surface area contributed by atoms with E-state index in [1.165, 1.54) is 4.80 Å². The third-order valence-corrected chi connectivity index (χ3v) is 5.49. The van der Waals surface area contributed by atoms with Crippen LogP contribution in [0.2, 0.25) is 5.02 Å². The summed E-state index contributed by atoms with van der Waals surface area (Å²) >= 11 is 6.32. The zero-order valence-electron chi connectivity index (χ0n) is 16.8. The summed E-state index contributed by atoms with van der Waals surface area (Å²) in [5.41, 5.74) is 3.75. The first-order valence-electron chi connectivity index (χ1n) is 9.66. The van der Waals surface area contributed by atoms with Gasteiger partial charge in [-0.05, 0) is 35.2 Å². The van der Waals surface area contributed by atoms with Crippen molar-refractivity contribution in [3.8, 4) is 5.82 Å². The monoisotopic (exact) mass is 427 g/mol. The Bertz CT molecular complexity index is 1040. The quantitative estimate of drug-likeness (QED) is 0.545. The van der Waals surface area contributed by atoms with E-state index in [0.29, 0.717) is 30.0 Å². The lowest BCUT2D eigenvalue weighted by molar-refractivity contribution is -0.117. The van der Waals surface area contributed by atoms with E-state index >= 15 is 0 Å². The first-order valence-corrected chi connectivity index (χ1v) is 10.0. The van der Waals surface area contributed by atoms with Gasteiger partial charge in [0.1, 0.15) is 5.78 Å². The molecule has 1 aliphatic heterocycles. The maximum Gasteiger partial charge on any atom is 0.193 e. The van der Waals surface area contributed by atoms with Crippen molar-refractivity contribution in [2.75, 3.05) is 20.3 Å². The highest BCUT2D eigenvalue weighted by Crippen LogP contribution is 2.33. The fraction of sp³-hybridized carbons (Fsp3) is 0.381. The minimum atomic E-state index is -0.136. The van der Waals surface area contributed by atoms with Crippen molar-refractivity contribution in [1.29, 1.82) is 0 Å². The highest BCUT2D eigenvalue weighted by Gasteiger charge is 2.27. The largest absolute Gasteiger partial charge is 0.380 e. The Balaban J connectivity index is 1.52. The van der Waals surface area contributed by atoms with Gasteiger partial charge in [-0.1, -0.05) is 11.6 Å². The number of rotatable bonds is 8. The maximum atomic E-state index is 12.8. The summed E-state index contributed by atoms with van der Waals surface area (Å²) in [6.07, 6.45) is 8.68. The number of hydrogen-bond acceptors (Lipinski definition) is 7. The van der Waals surface area contributed by atoms with Crippen LogP contribution in [0.3, 0.4) is 0 Å². The minimum absolute atomic E-state index is 0.0474. The van der Waals surface area contributed by atoms with Crippen LogP contribution in [-0.4, -0.2) is 51.1 Å². The molecule has 30 heavy (non-hydrogen) atoms. The Morgan fingerprint density at radius 3 is 2.67 bits per heavy atom. The Morgan fingerprint density at radius 2 is 2.03 bits per heavy atom. The van der Waals surface area contributed by atoms with E-state index < -0.39 is 0 Å². The van der Waals surface area contributed by atoms with Gasteiger partial charge in [0, 0.05) is 44.5 Å². The van der Waals surface area contributed by atoms with Crippen molar-refractivity contribution in [2.45, 2.75) is 31.8 Å². The molecule has 3 aromatic heterocycles. The Kier molecular flexibility index (Phi) is 6.17. The summed E-state index contributed by atoms with van der Waals surface area (Å²) in [4.78, 5) is 22.9. The molecule has 0 aliphatic carbocycles. The smallest absolute Gasteiger partial charge is 0.193 e. The third kappa shape index (κ3) is 4.26. The predicted octanol–water partition coefficient (Wildman–Crippen LogP) is 2.89. The molecule has 0 amide bonds. The lowest BCUT2D eigenvalue weighted by atomic mass is 9.88. The predicted molar refractivity (Wildman–Crippen MR) is 110 cm³/mol. The van der Waals surface area contributed by atoms with Crippen molar-refractivity contribution in [3.05, 3.63) is 64.3 Å². The van der Waals surface area contributed by atoms with Gasteiger partial charge in [-0.15, -0.1) is 4.80 Å². The average molecular weight is 428 g/mol. The van der Waals surface area contributed by atoms with Gasteiger partial charge in [-0.3, -0.25) is 9.78 Å². The van der Waals surface area contributed by atoms with Gasteiger partial charge in [0.05, 0.1) is 36.7 Å². The Morgan fingerprint density at radius 1 is 1.27 bits per heavy atom. The third-order valence-electron chi connectivity index (χ3n) is 5.21. The molecule has 1 saturated heterocycles. The first-order chi connectivity index (χ1) is 14.6. The van der Waals surface area contributed by atoms with E-state index in [4.69, 9.17) is 21.1 Å². The van der Waals surface area contributed by atoms with Crippen LogP contribution in [0, 0.1) is 0 Å². The molecule has 4 rings (SSSR count). The van der Waals surface area contributed by atoms with Crippen molar-refractivity contribution < 1.29 is 14.3 Å². The topological polar surface area (TPSA) is 92.0 Å². The average Bonchev–Trinajstić information content (AvgIpc) is 3.21. The van der Waals surface area contributed by atoms with Gasteiger partial charge in [0.2, 0.25) is 0 Å². The zero-order valence-corrected chi connectivity index (χ0v) is 17.5. The summed E-state index contributed by atoms with van der Waals surface area (Å²) in [5, 5.41) is 8.44. The molecule has 0 N–H and O–H groups in total. The van der Waals surface area contributed by atoms with E-state index in [2.05, 4.69) is 20.2 Å². The number of carbonyl (C=O) groups excluding carboxylic acids is 1. The van der Waals surface area contributed by atoms with Crippen molar-refractivity contribution in [2.24, 2.45) is 0 Å². The molecule has 3 aromatic rings. The van der Waals surface area contributed by atoms with Crippen molar-refractivity contribution >= 4 is 17.4 Å². The van der Waals surface area contributed by atoms with Crippen molar-refractivity contribution in [1.82, 2.24) is 25.0 Å². The highest BCUT2D eigenvalue weighted by molar-refractivity contribution is 6.32. The van der Waals surface area contributed by atoms with E-state index in [9.17, 15) is 4.79 Å². The number of methoxy groups -OCH3 is 1. The minimum Gasteiger partial charge on any atom is -0.380 e. The van der Waals surface area contributed by atoms with Gasteiger partial charge in [-0.2, -0.15) is 10.2 Å². The number of aromatic nitrogens is 5. The summed E-state index contributed by atoms with van der Waals surface area (Å²) in [6, 6.07) is 1.73. The van der Waals surface area contributed by atoms with Crippen LogP contribution in [0.5, 0.6) is 0 Å². The molecule has 0 saturated carbocycles. The second-order valence-electron chi connectivity index (χ2n) is 7.27. The van der Waals surface area contributed by atoms with Gasteiger partial charge < -0.3 is 9.47 Å². The number of carbonyl (C=O) groups is 1. The molecular weight excluding hydrogens is 406 g/mol. The van der Waals surface area contributed by atoms with Crippen LogP contribution in [0.4, 0.5) is 0 Å². The molecule has 9 heteroatoms. The van der Waals surface area contributed by atoms with E-state index in [-0.39, 0.29) is 24.7 Å². The van der Waals surface area contributed by atoms with E-state index in [1.807, 2.05) is 13.1 Å². The molecule has 1 fully saturated rings. The second kappa shape index (κ2) is 8.99.